The second kappa shape index (κ2) is 3.95. The monoisotopic (exact) mass is 158 g/mol. The summed E-state index contributed by atoms with van der Waals surface area (Å²) in [6.45, 7) is 5.94. The molecule has 1 amide bonds. The Morgan fingerprint density at radius 3 is 2.45 bits per heavy atom. The maximum absolute atomic E-state index is 10.5. The summed E-state index contributed by atoms with van der Waals surface area (Å²) in [4.78, 5) is 10.5. The van der Waals surface area contributed by atoms with Crippen LogP contribution in [0.2, 0.25) is 0 Å². The lowest BCUT2D eigenvalue weighted by Gasteiger charge is -2.09. The predicted molar refractivity (Wildman–Crippen MR) is 43.5 cm³/mol. The molecule has 0 heterocycles. The molecule has 0 radical (unpaired) electrons. The molecule has 0 aliphatic rings. The van der Waals surface area contributed by atoms with Crippen LogP contribution in [0.15, 0.2) is 5.10 Å². The molecular weight excluding hydrogens is 144 g/mol. The van der Waals surface area contributed by atoms with Crippen LogP contribution in [0, 0.1) is 5.41 Å². The van der Waals surface area contributed by atoms with Gasteiger partial charge in [0.05, 0.1) is 7.11 Å². The SMILES string of the molecule is COC(=O)N/N=C/C(C)(C)C. The van der Waals surface area contributed by atoms with Crippen LogP contribution in [0.5, 0.6) is 0 Å². The van der Waals surface area contributed by atoms with Crippen molar-refractivity contribution in [2.75, 3.05) is 7.11 Å². The molecule has 0 spiro atoms. The maximum atomic E-state index is 10.5. The molecular formula is C7H14N2O2. The standard InChI is InChI=1S/C7H14N2O2/c1-7(2,3)5-8-9-6(10)11-4/h5H,1-4H3,(H,9,10)/b8-5+. The Bertz CT molecular complexity index is 158. The number of rotatable bonds is 1. The van der Waals surface area contributed by atoms with E-state index in [-0.39, 0.29) is 5.41 Å². The first-order valence-corrected chi connectivity index (χ1v) is 3.34. The number of hydrazone groups is 1. The summed E-state index contributed by atoms with van der Waals surface area (Å²) in [6, 6.07) is 0. The van der Waals surface area contributed by atoms with Crippen molar-refractivity contribution in [3.8, 4) is 0 Å². The van der Waals surface area contributed by atoms with Gasteiger partial charge in [0, 0.05) is 6.21 Å². The topological polar surface area (TPSA) is 50.7 Å². The zero-order valence-corrected chi connectivity index (χ0v) is 7.34. The van der Waals surface area contributed by atoms with Crippen molar-refractivity contribution < 1.29 is 9.53 Å². The highest BCUT2D eigenvalue weighted by Crippen LogP contribution is 2.07. The van der Waals surface area contributed by atoms with Gasteiger partial charge in [0.25, 0.3) is 0 Å². The summed E-state index contributed by atoms with van der Waals surface area (Å²) in [5.41, 5.74) is 2.17. The van der Waals surface area contributed by atoms with Crippen molar-refractivity contribution >= 4 is 12.3 Å². The van der Waals surface area contributed by atoms with Crippen LogP contribution < -0.4 is 5.43 Å². The van der Waals surface area contributed by atoms with E-state index in [1.165, 1.54) is 7.11 Å². The van der Waals surface area contributed by atoms with E-state index in [9.17, 15) is 4.79 Å². The van der Waals surface area contributed by atoms with Gasteiger partial charge in [0.15, 0.2) is 0 Å². The summed E-state index contributed by atoms with van der Waals surface area (Å²) in [7, 11) is 1.29. The molecule has 0 aliphatic carbocycles. The Balaban J connectivity index is 3.70. The Kier molecular flexibility index (Phi) is 3.57. The van der Waals surface area contributed by atoms with Crippen LogP contribution in [-0.4, -0.2) is 19.4 Å². The van der Waals surface area contributed by atoms with Crippen LogP contribution in [0.3, 0.4) is 0 Å². The van der Waals surface area contributed by atoms with Crippen LogP contribution in [0.1, 0.15) is 20.8 Å². The highest BCUT2D eigenvalue weighted by atomic mass is 16.5. The molecule has 0 aliphatic heterocycles. The van der Waals surface area contributed by atoms with Crippen molar-refractivity contribution in [3.63, 3.8) is 0 Å². The number of ether oxygens (including phenoxy) is 1. The first-order valence-electron chi connectivity index (χ1n) is 3.34. The van der Waals surface area contributed by atoms with E-state index < -0.39 is 6.09 Å². The minimum atomic E-state index is -0.550. The fourth-order valence-corrected chi connectivity index (χ4v) is 0.324. The summed E-state index contributed by atoms with van der Waals surface area (Å²) in [6.07, 6.45) is 1.09. The molecule has 4 nitrogen and oxygen atoms in total. The molecule has 0 saturated heterocycles. The average molecular weight is 158 g/mol. The Morgan fingerprint density at radius 2 is 2.09 bits per heavy atom. The highest BCUT2D eigenvalue weighted by molar-refractivity contribution is 5.70. The van der Waals surface area contributed by atoms with Crippen molar-refractivity contribution in [1.29, 1.82) is 0 Å². The Hall–Kier alpha value is -1.06. The Labute approximate surface area is 66.6 Å². The lowest BCUT2D eigenvalue weighted by atomic mass is 9.99. The molecule has 0 aromatic carbocycles. The first-order chi connectivity index (χ1) is 4.95. The van der Waals surface area contributed by atoms with Gasteiger partial charge in [-0.1, -0.05) is 20.8 Å². The fraction of sp³-hybridized carbons (Fsp3) is 0.714. The van der Waals surface area contributed by atoms with E-state index in [2.05, 4.69) is 15.3 Å². The normalized spacial score (nSPS) is 11.6. The number of hydrogen-bond acceptors (Lipinski definition) is 3. The third-order valence-corrected chi connectivity index (χ3v) is 0.793. The van der Waals surface area contributed by atoms with E-state index in [0.29, 0.717) is 0 Å². The smallest absolute Gasteiger partial charge is 0.427 e. The molecule has 11 heavy (non-hydrogen) atoms. The van der Waals surface area contributed by atoms with Gasteiger partial charge in [-0.3, -0.25) is 0 Å². The molecule has 0 aromatic heterocycles. The van der Waals surface area contributed by atoms with Crippen molar-refractivity contribution in [2.45, 2.75) is 20.8 Å². The molecule has 0 aromatic rings. The van der Waals surface area contributed by atoms with Gasteiger partial charge < -0.3 is 4.74 Å². The highest BCUT2D eigenvalue weighted by Gasteiger charge is 2.05. The molecule has 0 fully saturated rings. The zero-order valence-electron chi connectivity index (χ0n) is 7.34. The Morgan fingerprint density at radius 1 is 1.55 bits per heavy atom. The van der Waals surface area contributed by atoms with Crippen molar-refractivity contribution in [3.05, 3.63) is 0 Å². The molecule has 0 bridgehead atoms. The number of carbonyl (C=O) groups excluding carboxylic acids is 1. The van der Waals surface area contributed by atoms with E-state index in [0.717, 1.165) is 0 Å². The summed E-state index contributed by atoms with van der Waals surface area (Å²) >= 11 is 0. The zero-order chi connectivity index (χ0) is 8.91. The van der Waals surface area contributed by atoms with Gasteiger partial charge in [-0.05, 0) is 5.41 Å². The summed E-state index contributed by atoms with van der Waals surface area (Å²) in [5, 5.41) is 3.66. The molecule has 1 N–H and O–H groups in total. The molecule has 0 saturated carbocycles. The third kappa shape index (κ3) is 6.83. The quantitative estimate of drug-likeness (QED) is 0.463. The molecule has 0 rings (SSSR count). The second-order valence-corrected chi connectivity index (χ2v) is 3.23. The number of carbonyl (C=O) groups is 1. The van der Waals surface area contributed by atoms with Crippen molar-refractivity contribution in [2.24, 2.45) is 10.5 Å². The second-order valence-electron chi connectivity index (χ2n) is 3.23. The van der Waals surface area contributed by atoms with Gasteiger partial charge in [-0.15, -0.1) is 0 Å². The van der Waals surface area contributed by atoms with Gasteiger partial charge >= 0.3 is 6.09 Å². The number of nitrogens with zero attached hydrogens (tertiary/aromatic N) is 1. The maximum Gasteiger partial charge on any atom is 0.427 e. The molecule has 4 heteroatoms. The fourth-order valence-electron chi connectivity index (χ4n) is 0.324. The number of methoxy groups -OCH3 is 1. The van der Waals surface area contributed by atoms with Crippen LogP contribution in [-0.2, 0) is 4.74 Å². The molecule has 64 valence electrons. The lowest BCUT2D eigenvalue weighted by Crippen LogP contribution is -2.19. The average Bonchev–Trinajstić information content (AvgIpc) is 1.85. The van der Waals surface area contributed by atoms with Gasteiger partial charge in [-0.25, -0.2) is 10.2 Å². The van der Waals surface area contributed by atoms with Crippen LogP contribution >= 0.6 is 0 Å². The summed E-state index contributed by atoms with van der Waals surface area (Å²) in [5.74, 6) is 0. The third-order valence-electron chi connectivity index (χ3n) is 0.793. The summed E-state index contributed by atoms with van der Waals surface area (Å²) < 4.78 is 4.30. The van der Waals surface area contributed by atoms with E-state index in [1.54, 1.807) is 6.21 Å². The van der Waals surface area contributed by atoms with Crippen molar-refractivity contribution in [1.82, 2.24) is 5.43 Å². The minimum absolute atomic E-state index is 0.0268. The van der Waals surface area contributed by atoms with Gasteiger partial charge in [-0.2, -0.15) is 5.10 Å². The number of amides is 1. The lowest BCUT2D eigenvalue weighted by molar-refractivity contribution is 0.171. The van der Waals surface area contributed by atoms with Gasteiger partial charge in [0.2, 0.25) is 0 Å². The molecule has 0 atom stereocenters. The molecule has 0 unspecified atom stereocenters. The van der Waals surface area contributed by atoms with Crippen LogP contribution in [0.4, 0.5) is 4.79 Å². The largest absolute Gasteiger partial charge is 0.452 e. The number of hydrogen-bond donors (Lipinski definition) is 1. The van der Waals surface area contributed by atoms with E-state index in [4.69, 9.17) is 0 Å². The minimum Gasteiger partial charge on any atom is -0.452 e. The number of nitrogens with one attached hydrogen (secondary N) is 1. The van der Waals surface area contributed by atoms with Gasteiger partial charge in [0.1, 0.15) is 0 Å². The van der Waals surface area contributed by atoms with E-state index in [1.807, 2.05) is 20.8 Å². The first kappa shape index (κ1) is 9.94. The van der Waals surface area contributed by atoms with Crippen LogP contribution in [0.25, 0.3) is 0 Å². The predicted octanol–water partition coefficient (Wildman–Crippen LogP) is 1.37. The van der Waals surface area contributed by atoms with E-state index >= 15 is 0 Å².